The van der Waals surface area contributed by atoms with Gasteiger partial charge in [-0.1, -0.05) is 62.3 Å². The molecule has 4 unspecified atom stereocenters. The first kappa shape index (κ1) is 31.6. The highest BCUT2D eigenvalue weighted by Gasteiger charge is 2.35. The molecule has 9 heteroatoms. The number of nitrogens with zero attached hydrogens (tertiary/aromatic N) is 1. The van der Waals surface area contributed by atoms with Crippen LogP contribution in [0.25, 0.3) is 0 Å². The molecule has 3 aliphatic heterocycles. The highest BCUT2D eigenvalue weighted by molar-refractivity contribution is 5.87. The van der Waals surface area contributed by atoms with E-state index in [2.05, 4.69) is 23.8 Å². The number of aryl methyl sites for hydroxylation is 1. The fourth-order valence-electron chi connectivity index (χ4n) is 5.96. The van der Waals surface area contributed by atoms with Gasteiger partial charge in [0.2, 0.25) is 6.23 Å². The van der Waals surface area contributed by atoms with E-state index in [4.69, 9.17) is 16.2 Å². The number of quaternary nitrogens is 1. The fourth-order valence-corrected chi connectivity index (χ4v) is 5.96. The van der Waals surface area contributed by atoms with Crippen molar-refractivity contribution in [1.29, 1.82) is 0 Å². The molecule has 232 valence electrons. The third kappa shape index (κ3) is 7.65. The number of carbonyl (C=O) groups is 1. The van der Waals surface area contributed by atoms with Crippen LogP contribution in [0.2, 0.25) is 0 Å². The number of ether oxygens (including phenoxy) is 1. The number of benzene rings is 2. The van der Waals surface area contributed by atoms with E-state index in [-0.39, 0.29) is 18.0 Å². The minimum absolute atomic E-state index is 0.00209. The second kappa shape index (κ2) is 14.3. The maximum atomic E-state index is 12.5. The topological polar surface area (TPSA) is 156 Å². The Hall–Kier alpha value is -3.78. The molecule has 44 heavy (non-hydrogen) atoms. The summed E-state index contributed by atoms with van der Waals surface area (Å²) in [4.78, 5) is 18.1. The first-order valence-corrected chi connectivity index (χ1v) is 15.5. The molecular weight excluding hydrogens is 556 g/mol. The molecule has 0 saturated heterocycles. The molecule has 0 amide bonds. The average molecular weight is 600 g/mol. The number of nitrogens with one attached hydrogen (secondary N) is 1. The summed E-state index contributed by atoms with van der Waals surface area (Å²) in [6.45, 7) is 2.75. The second-order valence-corrected chi connectivity index (χ2v) is 11.9. The van der Waals surface area contributed by atoms with E-state index in [0.717, 1.165) is 57.7 Å². The molecule has 0 aromatic heterocycles. The van der Waals surface area contributed by atoms with Gasteiger partial charge in [0.15, 0.2) is 11.5 Å². The molecule has 2 aromatic rings. The zero-order valence-electron chi connectivity index (χ0n) is 25.3. The number of hydrogen-bond acceptors (Lipinski definition) is 8. The Morgan fingerprint density at radius 1 is 1.20 bits per heavy atom. The lowest BCUT2D eigenvalue weighted by atomic mass is 9.92. The van der Waals surface area contributed by atoms with E-state index in [9.17, 15) is 20.1 Å². The summed E-state index contributed by atoms with van der Waals surface area (Å²) < 4.78 is 6.40. The van der Waals surface area contributed by atoms with Crippen molar-refractivity contribution in [1.82, 2.24) is 0 Å². The van der Waals surface area contributed by atoms with Crippen molar-refractivity contribution in [3.63, 3.8) is 0 Å². The number of rotatable bonds is 12. The van der Waals surface area contributed by atoms with Gasteiger partial charge in [-0.3, -0.25) is 14.7 Å². The summed E-state index contributed by atoms with van der Waals surface area (Å²) in [6.07, 6.45) is 6.69. The number of unbranched alkanes of at least 4 members (excludes halogenated alkanes) is 2. The van der Waals surface area contributed by atoms with Crippen LogP contribution in [0.4, 0.5) is 0 Å². The van der Waals surface area contributed by atoms with Gasteiger partial charge in [0.1, 0.15) is 36.7 Å². The van der Waals surface area contributed by atoms with Crippen molar-refractivity contribution in [3.05, 3.63) is 81.7 Å². The van der Waals surface area contributed by atoms with Crippen LogP contribution in [0, 0.1) is 11.8 Å². The molecule has 9 nitrogen and oxygen atoms in total. The SMILES string of the molecule is CCCCCC(O)CC(=O)CCc1ccc(O)c(OC2CC#CC(O)c3ccc(C(N)N)cc3CC3=C4C[NH+]2C=C4N=C3)c1. The molecule has 0 fully saturated rings. The normalized spacial score (nSPS) is 21.2. The number of aliphatic hydroxyl groups is 2. The number of carbonyl (C=O) groups excluding carboxylic acids is 1. The molecule has 0 spiro atoms. The third-order valence-electron chi connectivity index (χ3n) is 8.52. The van der Waals surface area contributed by atoms with Crippen molar-refractivity contribution < 1.29 is 29.8 Å². The minimum atomic E-state index is -1.01. The van der Waals surface area contributed by atoms with Crippen molar-refractivity contribution in [2.75, 3.05) is 6.54 Å². The summed E-state index contributed by atoms with van der Waals surface area (Å²) in [7, 11) is 0. The molecule has 4 atom stereocenters. The Bertz CT molecular complexity index is 1530. The van der Waals surface area contributed by atoms with Crippen LogP contribution in [0.5, 0.6) is 11.5 Å². The highest BCUT2D eigenvalue weighted by Crippen LogP contribution is 2.31. The Balaban J connectivity index is 1.32. The molecule has 0 aliphatic carbocycles. The van der Waals surface area contributed by atoms with Gasteiger partial charge in [0.05, 0.1) is 12.3 Å². The Morgan fingerprint density at radius 3 is 2.84 bits per heavy atom. The number of phenols is 1. The van der Waals surface area contributed by atoms with Crippen LogP contribution >= 0.6 is 0 Å². The van der Waals surface area contributed by atoms with Gasteiger partial charge in [-0.2, -0.15) is 0 Å². The largest absolute Gasteiger partial charge is 0.504 e. The number of allylic oxidation sites excluding steroid dienone is 1. The smallest absolute Gasteiger partial charge is 0.247 e. The van der Waals surface area contributed by atoms with Crippen LogP contribution < -0.4 is 21.1 Å². The zero-order valence-corrected chi connectivity index (χ0v) is 25.3. The number of aliphatic hydroxyl groups excluding tert-OH is 2. The van der Waals surface area contributed by atoms with E-state index < -0.39 is 24.6 Å². The lowest BCUT2D eigenvalue weighted by Crippen LogP contribution is -3.11. The number of aliphatic imine (C=N–C) groups is 1. The molecule has 5 rings (SSSR count). The Kier molecular flexibility index (Phi) is 10.3. The van der Waals surface area contributed by atoms with Gasteiger partial charge >= 0.3 is 0 Å². The number of hydrogen-bond donors (Lipinski definition) is 6. The van der Waals surface area contributed by atoms with Crippen LogP contribution in [0.15, 0.2) is 64.4 Å². The fraction of sp³-hybridized carbons (Fsp3) is 0.429. The summed E-state index contributed by atoms with van der Waals surface area (Å²) >= 11 is 0. The van der Waals surface area contributed by atoms with Gasteiger partial charge in [-0.25, -0.2) is 0 Å². The number of fused-ring (bicyclic) bond motifs is 2. The van der Waals surface area contributed by atoms with Crippen LogP contribution in [-0.2, 0) is 17.6 Å². The Morgan fingerprint density at radius 2 is 2.05 bits per heavy atom. The van der Waals surface area contributed by atoms with Gasteiger partial charge in [0, 0.05) is 24.6 Å². The lowest BCUT2D eigenvalue weighted by Gasteiger charge is -2.23. The van der Waals surface area contributed by atoms with Crippen molar-refractivity contribution >= 4 is 12.0 Å². The molecule has 8 N–H and O–H groups in total. The average Bonchev–Trinajstić information content (AvgIpc) is 3.58. The molecule has 0 radical (unpaired) electrons. The quantitative estimate of drug-likeness (QED) is 0.124. The van der Waals surface area contributed by atoms with E-state index >= 15 is 0 Å². The maximum absolute atomic E-state index is 12.5. The summed E-state index contributed by atoms with van der Waals surface area (Å²) in [6, 6.07) is 10.7. The number of Topliss-reactive ketones (excluding diaryl/α,β-unsaturated/α-hetero) is 1. The first-order chi connectivity index (χ1) is 21.2. The number of nitrogens with two attached hydrogens (primary N) is 2. The zero-order chi connectivity index (χ0) is 31.2. The Labute approximate surface area is 258 Å². The molecule has 2 aromatic carbocycles. The second-order valence-electron chi connectivity index (χ2n) is 11.9. The van der Waals surface area contributed by atoms with Crippen LogP contribution in [0.3, 0.4) is 0 Å². The third-order valence-corrected chi connectivity index (χ3v) is 8.52. The number of phenolic OH excluding ortho intramolecular Hbond substituents is 1. The predicted octanol–water partition coefficient (Wildman–Crippen LogP) is 2.65. The molecule has 0 saturated carbocycles. The van der Waals surface area contributed by atoms with E-state index in [1.165, 1.54) is 0 Å². The van der Waals surface area contributed by atoms with E-state index in [0.29, 0.717) is 50.0 Å². The molecule has 2 bridgehead atoms. The first-order valence-electron chi connectivity index (χ1n) is 15.5. The standard InChI is InChI=1S/C35H42N4O5/c1-2-3-4-6-26(40)18-27(41)12-9-22-10-14-32(43)33(15-22)44-34-8-5-7-31(42)28-13-11-23(35(36)37)16-24(28)17-25-19-38-30-21-39(34)20-29(25)30/h10-11,13-16,19,21,26,31,34-35,40,42-43H,2-4,6,8-9,12,17-18,20,36-37H2,1H3/p+1. The highest BCUT2D eigenvalue weighted by atomic mass is 16.5. The van der Waals surface area contributed by atoms with Crippen LogP contribution in [-0.4, -0.2) is 46.2 Å². The van der Waals surface area contributed by atoms with Gasteiger partial charge in [-0.05, 0) is 59.2 Å². The summed E-state index contributed by atoms with van der Waals surface area (Å²) in [5, 5.41) is 31.9. The molecule has 3 aliphatic rings. The van der Waals surface area contributed by atoms with Gasteiger partial charge in [0.25, 0.3) is 0 Å². The predicted molar refractivity (Wildman–Crippen MR) is 169 cm³/mol. The minimum Gasteiger partial charge on any atom is -0.504 e. The molecule has 3 heterocycles. The monoisotopic (exact) mass is 599 g/mol. The van der Waals surface area contributed by atoms with E-state index in [1.807, 2.05) is 30.6 Å². The maximum Gasteiger partial charge on any atom is 0.247 e. The lowest BCUT2D eigenvalue weighted by molar-refractivity contribution is -0.885. The molecular formula is C35H43N4O5+. The van der Waals surface area contributed by atoms with Crippen LogP contribution in [0.1, 0.15) is 86.4 Å². The van der Waals surface area contributed by atoms with Crippen molar-refractivity contribution in [2.45, 2.75) is 89.3 Å². The number of aromatic hydroxyl groups is 1. The van der Waals surface area contributed by atoms with Gasteiger partial charge in [-0.15, -0.1) is 0 Å². The van der Waals surface area contributed by atoms with E-state index in [1.54, 1.807) is 18.2 Å². The van der Waals surface area contributed by atoms with Crippen molar-refractivity contribution in [3.8, 4) is 23.3 Å². The number of ketones is 1. The summed E-state index contributed by atoms with van der Waals surface area (Å²) in [5.41, 5.74) is 18.2. The summed E-state index contributed by atoms with van der Waals surface area (Å²) in [5.74, 6) is 6.41. The van der Waals surface area contributed by atoms with Gasteiger partial charge < -0.3 is 31.5 Å². The van der Waals surface area contributed by atoms with Crippen molar-refractivity contribution in [2.24, 2.45) is 16.5 Å².